The smallest absolute Gasteiger partial charge is 0.111 e. The maximum atomic E-state index is 10.8. The van der Waals surface area contributed by atoms with E-state index >= 15 is 0 Å². The molecule has 2 fully saturated rings. The lowest BCUT2D eigenvalue weighted by Crippen LogP contribution is -2.52. The summed E-state index contributed by atoms with van der Waals surface area (Å²) in [5.74, 6) is 1.14. The SMILES string of the molecule is CC1CCC(O)(C2(C#N)CCOC2)CC1C. The van der Waals surface area contributed by atoms with Crippen molar-refractivity contribution in [3.63, 3.8) is 0 Å². The predicted molar refractivity (Wildman–Crippen MR) is 60.6 cm³/mol. The Hall–Kier alpha value is -0.590. The molecule has 0 aromatic carbocycles. The molecule has 2 aliphatic rings. The van der Waals surface area contributed by atoms with Gasteiger partial charge < -0.3 is 9.84 Å². The van der Waals surface area contributed by atoms with E-state index < -0.39 is 11.0 Å². The van der Waals surface area contributed by atoms with E-state index in [4.69, 9.17) is 4.74 Å². The van der Waals surface area contributed by atoms with Gasteiger partial charge in [0.1, 0.15) is 5.41 Å². The summed E-state index contributed by atoms with van der Waals surface area (Å²) >= 11 is 0. The van der Waals surface area contributed by atoms with Crippen LogP contribution in [0.25, 0.3) is 0 Å². The maximum absolute atomic E-state index is 10.8. The first-order valence-electron chi connectivity index (χ1n) is 6.24. The van der Waals surface area contributed by atoms with Gasteiger partial charge in [0.2, 0.25) is 0 Å². The van der Waals surface area contributed by atoms with Crippen LogP contribution in [-0.2, 0) is 4.74 Å². The van der Waals surface area contributed by atoms with E-state index in [1.807, 2.05) is 0 Å². The second kappa shape index (κ2) is 4.01. The number of ether oxygens (including phenoxy) is 1. The van der Waals surface area contributed by atoms with Gasteiger partial charge in [-0.1, -0.05) is 13.8 Å². The Labute approximate surface area is 97.4 Å². The minimum absolute atomic E-state index is 0.404. The van der Waals surface area contributed by atoms with Crippen LogP contribution in [0.1, 0.15) is 39.5 Å². The average Bonchev–Trinajstić information content (AvgIpc) is 2.74. The molecule has 0 bridgehead atoms. The molecular formula is C13H21NO2. The highest BCUT2D eigenvalue weighted by Gasteiger charge is 2.55. The van der Waals surface area contributed by atoms with Crippen LogP contribution in [0, 0.1) is 28.6 Å². The Morgan fingerprint density at radius 1 is 1.31 bits per heavy atom. The Morgan fingerprint density at radius 3 is 2.56 bits per heavy atom. The molecule has 0 aromatic heterocycles. The van der Waals surface area contributed by atoms with Crippen molar-refractivity contribution in [1.82, 2.24) is 0 Å². The monoisotopic (exact) mass is 223 g/mol. The second-order valence-electron chi connectivity index (χ2n) is 5.73. The van der Waals surface area contributed by atoms with Gasteiger partial charge in [-0.2, -0.15) is 5.26 Å². The van der Waals surface area contributed by atoms with E-state index in [-0.39, 0.29) is 0 Å². The Morgan fingerprint density at radius 2 is 2.06 bits per heavy atom. The van der Waals surface area contributed by atoms with Gasteiger partial charge in [-0.05, 0) is 37.5 Å². The number of hydrogen-bond acceptors (Lipinski definition) is 3. The van der Waals surface area contributed by atoms with Gasteiger partial charge in [0.15, 0.2) is 0 Å². The molecule has 4 unspecified atom stereocenters. The predicted octanol–water partition coefficient (Wildman–Crippen LogP) is 2.10. The number of nitrogens with zero attached hydrogens (tertiary/aromatic N) is 1. The van der Waals surface area contributed by atoms with Crippen LogP contribution in [0.2, 0.25) is 0 Å². The van der Waals surface area contributed by atoms with Gasteiger partial charge >= 0.3 is 0 Å². The fraction of sp³-hybridized carbons (Fsp3) is 0.923. The molecular weight excluding hydrogens is 202 g/mol. The highest BCUT2D eigenvalue weighted by atomic mass is 16.5. The third-order valence-corrected chi connectivity index (χ3v) is 4.77. The van der Waals surface area contributed by atoms with Crippen molar-refractivity contribution in [2.75, 3.05) is 13.2 Å². The first kappa shape index (κ1) is 11.9. The number of hydrogen-bond donors (Lipinski definition) is 1. The van der Waals surface area contributed by atoms with Crippen molar-refractivity contribution in [2.24, 2.45) is 17.3 Å². The van der Waals surface area contributed by atoms with Gasteiger partial charge in [-0.25, -0.2) is 0 Å². The van der Waals surface area contributed by atoms with E-state index in [0.29, 0.717) is 31.5 Å². The number of nitriles is 1. The second-order valence-corrected chi connectivity index (χ2v) is 5.73. The summed E-state index contributed by atoms with van der Waals surface area (Å²) < 4.78 is 5.35. The lowest BCUT2D eigenvalue weighted by molar-refractivity contribution is -0.105. The van der Waals surface area contributed by atoms with Crippen molar-refractivity contribution in [1.29, 1.82) is 5.26 Å². The maximum Gasteiger partial charge on any atom is 0.111 e. The van der Waals surface area contributed by atoms with Crippen LogP contribution in [0.4, 0.5) is 0 Å². The molecule has 1 saturated carbocycles. The highest BCUT2D eigenvalue weighted by Crippen LogP contribution is 2.49. The summed E-state index contributed by atoms with van der Waals surface area (Å²) in [6, 6.07) is 2.35. The van der Waals surface area contributed by atoms with Crippen LogP contribution < -0.4 is 0 Å². The Bertz CT molecular complexity index is 304. The van der Waals surface area contributed by atoms with Gasteiger partial charge in [-0.3, -0.25) is 0 Å². The largest absolute Gasteiger partial charge is 0.388 e. The average molecular weight is 223 g/mol. The number of aliphatic hydroxyl groups is 1. The van der Waals surface area contributed by atoms with Crippen molar-refractivity contribution >= 4 is 0 Å². The van der Waals surface area contributed by atoms with Crippen LogP contribution >= 0.6 is 0 Å². The summed E-state index contributed by atoms with van der Waals surface area (Å²) in [4.78, 5) is 0. The van der Waals surface area contributed by atoms with E-state index in [9.17, 15) is 10.4 Å². The van der Waals surface area contributed by atoms with Crippen LogP contribution in [0.5, 0.6) is 0 Å². The molecule has 1 saturated heterocycles. The van der Waals surface area contributed by atoms with E-state index in [1.54, 1.807) is 0 Å². The third kappa shape index (κ3) is 1.65. The minimum Gasteiger partial charge on any atom is -0.388 e. The van der Waals surface area contributed by atoms with Crippen LogP contribution in [0.3, 0.4) is 0 Å². The zero-order valence-electron chi connectivity index (χ0n) is 10.2. The molecule has 0 amide bonds. The van der Waals surface area contributed by atoms with E-state index in [0.717, 1.165) is 19.3 Å². The van der Waals surface area contributed by atoms with Gasteiger partial charge in [-0.15, -0.1) is 0 Å². The molecule has 1 aliphatic carbocycles. The number of rotatable bonds is 1. The Balaban J connectivity index is 2.21. The fourth-order valence-electron chi connectivity index (χ4n) is 3.15. The molecule has 1 heterocycles. The van der Waals surface area contributed by atoms with Crippen molar-refractivity contribution in [2.45, 2.75) is 45.1 Å². The summed E-state index contributed by atoms with van der Waals surface area (Å²) in [5, 5.41) is 20.2. The van der Waals surface area contributed by atoms with Gasteiger partial charge in [0, 0.05) is 6.61 Å². The lowest BCUT2D eigenvalue weighted by Gasteiger charge is -2.46. The van der Waals surface area contributed by atoms with Crippen LogP contribution in [-0.4, -0.2) is 23.9 Å². The topological polar surface area (TPSA) is 53.2 Å². The summed E-state index contributed by atoms with van der Waals surface area (Å²) in [5.41, 5.74) is -1.48. The summed E-state index contributed by atoms with van der Waals surface area (Å²) in [6.45, 7) is 5.42. The normalized spacial score (nSPS) is 48.9. The molecule has 16 heavy (non-hydrogen) atoms. The third-order valence-electron chi connectivity index (χ3n) is 4.77. The zero-order valence-corrected chi connectivity index (χ0v) is 10.2. The molecule has 3 heteroatoms. The first-order chi connectivity index (χ1) is 7.53. The van der Waals surface area contributed by atoms with E-state index in [2.05, 4.69) is 19.9 Å². The van der Waals surface area contributed by atoms with Crippen molar-refractivity contribution in [3.05, 3.63) is 0 Å². The van der Waals surface area contributed by atoms with Gasteiger partial charge in [0.05, 0.1) is 18.3 Å². The van der Waals surface area contributed by atoms with Crippen molar-refractivity contribution < 1.29 is 9.84 Å². The Kier molecular flexibility index (Phi) is 2.98. The van der Waals surface area contributed by atoms with E-state index in [1.165, 1.54) is 0 Å². The quantitative estimate of drug-likeness (QED) is 0.740. The molecule has 0 aromatic rings. The molecule has 0 spiro atoms. The van der Waals surface area contributed by atoms with Gasteiger partial charge in [0.25, 0.3) is 0 Å². The fourth-order valence-corrected chi connectivity index (χ4v) is 3.15. The zero-order chi connectivity index (χ0) is 11.8. The molecule has 4 atom stereocenters. The summed E-state index contributed by atoms with van der Waals surface area (Å²) in [7, 11) is 0. The molecule has 1 N–H and O–H groups in total. The molecule has 1 aliphatic heterocycles. The molecule has 90 valence electrons. The van der Waals surface area contributed by atoms with Crippen LogP contribution in [0.15, 0.2) is 0 Å². The molecule has 3 nitrogen and oxygen atoms in total. The minimum atomic E-state index is -0.829. The molecule has 2 rings (SSSR count). The standard InChI is InChI=1S/C13H21NO2/c1-10-3-4-13(15,7-11(10)2)12(8-14)5-6-16-9-12/h10-11,15H,3-7,9H2,1-2H3. The summed E-state index contributed by atoms with van der Waals surface area (Å²) in [6.07, 6.45) is 3.18. The lowest BCUT2D eigenvalue weighted by atomic mass is 9.61. The molecule has 0 radical (unpaired) electrons. The highest BCUT2D eigenvalue weighted by molar-refractivity contribution is 5.14. The first-order valence-corrected chi connectivity index (χ1v) is 6.24. The van der Waals surface area contributed by atoms with Crippen molar-refractivity contribution in [3.8, 4) is 6.07 Å².